The Bertz CT molecular complexity index is 325. The highest BCUT2D eigenvalue weighted by molar-refractivity contribution is 5.37. The third-order valence-corrected chi connectivity index (χ3v) is 2.55. The van der Waals surface area contributed by atoms with Crippen molar-refractivity contribution < 1.29 is 9.47 Å². The van der Waals surface area contributed by atoms with Gasteiger partial charge in [0.05, 0.1) is 12.7 Å². The molecule has 88 valence electrons. The van der Waals surface area contributed by atoms with Gasteiger partial charge in [0.15, 0.2) is 0 Å². The molecule has 0 aromatic carbocycles. The monoisotopic (exact) mass is 222 g/mol. The minimum Gasteiger partial charge on any atom is -0.478 e. The summed E-state index contributed by atoms with van der Waals surface area (Å²) in [5, 5.41) is 3.27. The summed E-state index contributed by atoms with van der Waals surface area (Å²) in [7, 11) is 0. The molecular weight excluding hydrogens is 204 g/mol. The second-order valence-electron chi connectivity index (χ2n) is 3.81. The quantitative estimate of drug-likeness (QED) is 0.828. The van der Waals surface area contributed by atoms with E-state index in [9.17, 15) is 0 Å². The van der Waals surface area contributed by atoms with E-state index in [2.05, 4.69) is 10.3 Å². The zero-order chi connectivity index (χ0) is 11.2. The number of nitrogens with zero attached hydrogens (tertiary/aromatic N) is 1. The molecule has 1 atom stereocenters. The Morgan fingerprint density at radius 1 is 1.56 bits per heavy atom. The van der Waals surface area contributed by atoms with E-state index >= 15 is 0 Å². The minimum atomic E-state index is 0.331. The van der Waals surface area contributed by atoms with Crippen LogP contribution in [0.4, 0.5) is 5.82 Å². The van der Waals surface area contributed by atoms with Gasteiger partial charge in [-0.15, -0.1) is 0 Å². The number of ether oxygens (including phenoxy) is 2. The lowest BCUT2D eigenvalue weighted by Gasteiger charge is -2.11. The molecule has 1 aliphatic heterocycles. The van der Waals surface area contributed by atoms with Gasteiger partial charge in [-0.3, -0.25) is 0 Å². The van der Waals surface area contributed by atoms with Crippen LogP contribution in [0.3, 0.4) is 0 Å². The molecule has 0 spiro atoms. The molecule has 2 rings (SSSR count). The molecule has 1 aromatic heterocycles. The minimum absolute atomic E-state index is 0.331. The van der Waals surface area contributed by atoms with Gasteiger partial charge in [0, 0.05) is 19.2 Å². The van der Waals surface area contributed by atoms with Crippen LogP contribution in [0.25, 0.3) is 0 Å². The van der Waals surface area contributed by atoms with Crippen molar-refractivity contribution in [3.63, 3.8) is 0 Å². The summed E-state index contributed by atoms with van der Waals surface area (Å²) in [6.45, 7) is 4.30. The first kappa shape index (κ1) is 11.2. The lowest BCUT2D eigenvalue weighted by molar-refractivity contribution is 0.120. The first-order valence-electron chi connectivity index (χ1n) is 5.84. The lowest BCUT2D eigenvalue weighted by Crippen LogP contribution is -2.18. The maximum absolute atomic E-state index is 5.53. The van der Waals surface area contributed by atoms with E-state index in [1.165, 1.54) is 6.42 Å². The topological polar surface area (TPSA) is 43.4 Å². The lowest BCUT2D eigenvalue weighted by atomic mass is 10.2. The van der Waals surface area contributed by atoms with E-state index in [0.717, 1.165) is 25.4 Å². The molecule has 16 heavy (non-hydrogen) atoms. The van der Waals surface area contributed by atoms with Crippen molar-refractivity contribution in [2.45, 2.75) is 25.9 Å². The van der Waals surface area contributed by atoms with Crippen LogP contribution in [-0.2, 0) is 4.74 Å². The molecule has 1 saturated heterocycles. The van der Waals surface area contributed by atoms with Gasteiger partial charge in [-0.2, -0.15) is 4.98 Å². The largest absolute Gasteiger partial charge is 0.478 e. The number of aromatic nitrogens is 1. The molecule has 1 aliphatic rings. The Balaban J connectivity index is 1.85. The predicted molar refractivity (Wildman–Crippen MR) is 62.9 cm³/mol. The molecule has 0 aliphatic carbocycles. The standard InChI is InChI=1S/C12H18N2O2/c1-2-15-12-7-3-6-11(14-12)13-9-10-5-4-8-16-10/h3,6-7,10H,2,4-5,8-9H2,1H3,(H,13,14). The fraction of sp³-hybridized carbons (Fsp3) is 0.583. The molecule has 1 aromatic rings. The maximum atomic E-state index is 5.53. The van der Waals surface area contributed by atoms with Gasteiger partial charge >= 0.3 is 0 Å². The van der Waals surface area contributed by atoms with Gasteiger partial charge in [0.25, 0.3) is 0 Å². The maximum Gasteiger partial charge on any atom is 0.215 e. The first-order valence-corrected chi connectivity index (χ1v) is 5.84. The summed E-state index contributed by atoms with van der Waals surface area (Å²) in [6, 6.07) is 5.74. The fourth-order valence-electron chi connectivity index (χ4n) is 1.77. The van der Waals surface area contributed by atoms with E-state index in [-0.39, 0.29) is 0 Å². The van der Waals surface area contributed by atoms with Gasteiger partial charge in [-0.25, -0.2) is 0 Å². The van der Waals surface area contributed by atoms with Crippen LogP contribution in [0.5, 0.6) is 5.88 Å². The van der Waals surface area contributed by atoms with Crippen LogP contribution < -0.4 is 10.1 Å². The van der Waals surface area contributed by atoms with E-state index in [1.54, 1.807) is 0 Å². The van der Waals surface area contributed by atoms with Crippen LogP contribution >= 0.6 is 0 Å². The highest BCUT2D eigenvalue weighted by Gasteiger charge is 2.14. The summed E-state index contributed by atoms with van der Waals surface area (Å²) < 4.78 is 10.9. The van der Waals surface area contributed by atoms with Crippen LogP contribution in [0, 0.1) is 0 Å². The van der Waals surface area contributed by atoms with Gasteiger partial charge in [-0.05, 0) is 25.8 Å². The molecule has 1 fully saturated rings. The number of rotatable bonds is 5. The number of anilines is 1. The van der Waals surface area contributed by atoms with Crippen molar-refractivity contribution in [2.24, 2.45) is 0 Å². The van der Waals surface area contributed by atoms with E-state index < -0.39 is 0 Å². The molecule has 0 radical (unpaired) electrons. The van der Waals surface area contributed by atoms with Crippen LogP contribution in [0.1, 0.15) is 19.8 Å². The van der Waals surface area contributed by atoms with Gasteiger partial charge in [0.1, 0.15) is 5.82 Å². The Labute approximate surface area is 96.0 Å². The Kier molecular flexibility index (Phi) is 3.99. The Morgan fingerprint density at radius 3 is 3.25 bits per heavy atom. The number of hydrogen-bond donors (Lipinski definition) is 1. The summed E-state index contributed by atoms with van der Waals surface area (Å²) >= 11 is 0. The number of nitrogens with one attached hydrogen (secondary N) is 1. The summed E-state index contributed by atoms with van der Waals surface area (Å²) in [6.07, 6.45) is 2.63. The Morgan fingerprint density at radius 2 is 2.50 bits per heavy atom. The second-order valence-corrected chi connectivity index (χ2v) is 3.81. The summed E-state index contributed by atoms with van der Waals surface area (Å²) in [4.78, 5) is 4.33. The van der Waals surface area contributed by atoms with Crippen LogP contribution in [0.2, 0.25) is 0 Å². The molecule has 0 saturated carbocycles. The van der Waals surface area contributed by atoms with E-state index in [1.807, 2.05) is 25.1 Å². The molecule has 0 amide bonds. The molecule has 4 heteroatoms. The zero-order valence-electron chi connectivity index (χ0n) is 9.61. The van der Waals surface area contributed by atoms with Crippen molar-refractivity contribution in [1.82, 2.24) is 4.98 Å². The smallest absolute Gasteiger partial charge is 0.215 e. The molecule has 1 unspecified atom stereocenters. The van der Waals surface area contributed by atoms with Gasteiger partial charge in [0.2, 0.25) is 5.88 Å². The van der Waals surface area contributed by atoms with Crippen molar-refractivity contribution >= 4 is 5.82 Å². The van der Waals surface area contributed by atoms with Crippen molar-refractivity contribution in [3.8, 4) is 5.88 Å². The van der Waals surface area contributed by atoms with Gasteiger partial charge in [-0.1, -0.05) is 6.07 Å². The zero-order valence-corrected chi connectivity index (χ0v) is 9.61. The van der Waals surface area contributed by atoms with Crippen molar-refractivity contribution in [3.05, 3.63) is 18.2 Å². The average molecular weight is 222 g/mol. The van der Waals surface area contributed by atoms with Crippen molar-refractivity contribution in [1.29, 1.82) is 0 Å². The average Bonchev–Trinajstić information content (AvgIpc) is 2.80. The van der Waals surface area contributed by atoms with E-state index in [4.69, 9.17) is 9.47 Å². The summed E-state index contributed by atoms with van der Waals surface area (Å²) in [5.74, 6) is 1.52. The normalized spacial score (nSPS) is 19.7. The van der Waals surface area contributed by atoms with E-state index in [0.29, 0.717) is 18.6 Å². The highest BCUT2D eigenvalue weighted by atomic mass is 16.5. The molecular formula is C12H18N2O2. The molecule has 4 nitrogen and oxygen atoms in total. The van der Waals surface area contributed by atoms with Crippen LogP contribution in [0.15, 0.2) is 18.2 Å². The molecule has 1 N–H and O–H groups in total. The highest BCUT2D eigenvalue weighted by Crippen LogP contribution is 2.14. The molecule has 2 heterocycles. The van der Waals surface area contributed by atoms with Gasteiger partial charge < -0.3 is 14.8 Å². The third kappa shape index (κ3) is 3.10. The van der Waals surface area contributed by atoms with Crippen LogP contribution in [-0.4, -0.2) is 30.8 Å². The first-order chi connectivity index (χ1) is 7.88. The molecule has 0 bridgehead atoms. The number of hydrogen-bond acceptors (Lipinski definition) is 4. The third-order valence-electron chi connectivity index (χ3n) is 2.55. The Hall–Kier alpha value is -1.29. The fourth-order valence-corrected chi connectivity index (χ4v) is 1.77. The second kappa shape index (κ2) is 5.70. The predicted octanol–water partition coefficient (Wildman–Crippen LogP) is 2.07. The number of pyridine rings is 1. The SMILES string of the molecule is CCOc1cccc(NCC2CCCO2)n1. The summed E-state index contributed by atoms with van der Waals surface area (Å²) in [5.41, 5.74) is 0. The van der Waals surface area contributed by atoms with Crippen molar-refractivity contribution in [2.75, 3.05) is 25.1 Å².